The van der Waals surface area contributed by atoms with Crippen molar-refractivity contribution in [3.63, 3.8) is 0 Å². The summed E-state index contributed by atoms with van der Waals surface area (Å²) in [5, 5.41) is 3.14. The first-order chi connectivity index (χ1) is 9.08. The van der Waals surface area contributed by atoms with Gasteiger partial charge in [0.05, 0.1) is 6.26 Å². The Hall–Kier alpha value is -2.04. The summed E-state index contributed by atoms with van der Waals surface area (Å²) in [4.78, 5) is 16.3. The van der Waals surface area contributed by atoms with Gasteiger partial charge in [-0.05, 0) is 32.9 Å². The molecule has 2 rings (SSSR count). The maximum Gasteiger partial charge on any atom is 0.293 e. The van der Waals surface area contributed by atoms with Gasteiger partial charge in [0.15, 0.2) is 5.82 Å². The predicted molar refractivity (Wildman–Crippen MR) is 74.4 cm³/mol. The Balaban J connectivity index is 2.11. The van der Waals surface area contributed by atoms with E-state index in [-0.39, 0.29) is 17.6 Å². The Labute approximate surface area is 112 Å². The van der Waals surface area contributed by atoms with Crippen LogP contribution in [0.4, 0.5) is 5.82 Å². The highest BCUT2D eigenvalue weighted by Gasteiger charge is 2.11. The first kappa shape index (κ1) is 13.4. The molecule has 0 aliphatic rings. The average molecular weight is 261 g/mol. The molecule has 0 saturated carbocycles. The third kappa shape index (κ3) is 3.24. The molecule has 0 radical (unpaired) electrons. The Bertz CT molecular complexity index is 573. The zero-order chi connectivity index (χ0) is 13.8. The fourth-order valence-corrected chi connectivity index (χ4v) is 1.95. The van der Waals surface area contributed by atoms with Crippen LogP contribution in [0.1, 0.15) is 32.6 Å². The summed E-state index contributed by atoms with van der Waals surface area (Å²) in [7, 11) is 0. The average Bonchev–Trinajstić information content (AvgIpc) is 2.84. The van der Waals surface area contributed by atoms with Crippen molar-refractivity contribution in [1.82, 2.24) is 9.55 Å². The number of nitrogens with one attached hydrogen (secondary N) is 1. The van der Waals surface area contributed by atoms with Crippen molar-refractivity contribution in [2.75, 3.05) is 5.32 Å². The first-order valence-corrected chi connectivity index (χ1v) is 6.44. The number of hydrogen-bond donors (Lipinski definition) is 1. The van der Waals surface area contributed by atoms with Gasteiger partial charge < -0.3 is 14.3 Å². The van der Waals surface area contributed by atoms with Crippen LogP contribution in [0.2, 0.25) is 0 Å². The number of anilines is 1. The second-order valence-electron chi connectivity index (χ2n) is 4.91. The van der Waals surface area contributed by atoms with E-state index in [4.69, 9.17) is 4.42 Å². The minimum atomic E-state index is -0.0937. The number of hydrogen-bond acceptors (Lipinski definition) is 4. The van der Waals surface area contributed by atoms with Gasteiger partial charge in [-0.2, -0.15) is 0 Å². The maximum atomic E-state index is 12.2. The molecule has 2 aromatic heterocycles. The Kier molecular flexibility index (Phi) is 4.04. The molecule has 19 heavy (non-hydrogen) atoms. The van der Waals surface area contributed by atoms with Gasteiger partial charge in [0.1, 0.15) is 5.76 Å². The van der Waals surface area contributed by atoms with Crippen molar-refractivity contribution in [2.24, 2.45) is 0 Å². The maximum absolute atomic E-state index is 12.2. The molecule has 5 nitrogen and oxygen atoms in total. The second-order valence-corrected chi connectivity index (χ2v) is 4.91. The molecule has 1 N–H and O–H groups in total. The number of furan rings is 1. The molecule has 5 heteroatoms. The summed E-state index contributed by atoms with van der Waals surface area (Å²) in [5.41, 5.74) is -0.0937. The van der Waals surface area contributed by atoms with Crippen LogP contribution < -0.4 is 10.9 Å². The third-order valence-electron chi connectivity index (χ3n) is 2.89. The van der Waals surface area contributed by atoms with Crippen LogP contribution in [0.3, 0.4) is 0 Å². The van der Waals surface area contributed by atoms with Crippen LogP contribution in [-0.2, 0) is 6.42 Å². The van der Waals surface area contributed by atoms with Gasteiger partial charge in [-0.1, -0.05) is 0 Å². The molecule has 0 bridgehead atoms. The van der Waals surface area contributed by atoms with Gasteiger partial charge in [0.25, 0.3) is 5.56 Å². The van der Waals surface area contributed by atoms with Crippen molar-refractivity contribution in [1.29, 1.82) is 0 Å². The minimum absolute atomic E-state index is 0.0781. The largest absolute Gasteiger partial charge is 0.469 e. The lowest BCUT2D eigenvalue weighted by atomic mass is 10.2. The van der Waals surface area contributed by atoms with E-state index in [2.05, 4.69) is 10.3 Å². The Morgan fingerprint density at radius 3 is 2.84 bits per heavy atom. The standard InChI is InChI=1S/C14H19N3O2/c1-10(2)17-7-6-15-13(14(17)18)16-11(3)9-12-5-4-8-19-12/h4-8,10-11H,9H2,1-3H3,(H,15,16). The van der Waals surface area contributed by atoms with E-state index in [0.717, 1.165) is 5.76 Å². The van der Waals surface area contributed by atoms with Gasteiger partial charge in [0.2, 0.25) is 0 Å². The monoisotopic (exact) mass is 261 g/mol. The molecule has 2 heterocycles. The van der Waals surface area contributed by atoms with E-state index >= 15 is 0 Å². The molecule has 102 valence electrons. The van der Waals surface area contributed by atoms with Crippen molar-refractivity contribution in [3.05, 3.63) is 46.9 Å². The van der Waals surface area contributed by atoms with Crippen LogP contribution in [-0.4, -0.2) is 15.6 Å². The predicted octanol–water partition coefficient (Wildman–Crippen LogP) is 2.46. The number of rotatable bonds is 5. The first-order valence-electron chi connectivity index (χ1n) is 6.44. The van der Waals surface area contributed by atoms with E-state index in [1.165, 1.54) is 0 Å². The smallest absolute Gasteiger partial charge is 0.293 e. The lowest BCUT2D eigenvalue weighted by molar-refractivity contribution is 0.497. The van der Waals surface area contributed by atoms with Crippen LogP contribution in [0.15, 0.2) is 40.0 Å². The van der Waals surface area contributed by atoms with Crippen LogP contribution in [0.25, 0.3) is 0 Å². The van der Waals surface area contributed by atoms with Gasteiger partial charge in [0, 0.05) is 30.9 Å². The van der Waals surface area contributed by atoms with E-state index in [0.29, 0.717) is 12.2 Å². The van der Waals surface area contributed by atoms with Gasteiger partial charge >= 0.3 is 0 Å². The Morgan fingerprint density at radius 2 is 2.21 bits per heavy atom. The zero-order valence-corrected chi connectivity index (χ0v) is 11.5. The van der Waals surface area contributed by atoms with Crippen molar-refractivity contribution in [2.45, 2.75) is 39.3 Å². The van der Waals surface area contributed by atoms with Crippen LogP contribution in [0.5, 0.6) is 0 Å². The highest BCUT2D eigenvalue weighted by molar-refractivity contribution is 5.32. The van der Waals surface area contributed by atoms with E-state index in [1.807, 2.05) is 32.9 Å². The molecule has 1 unspecified atom stereocenters. The fraction of sp³-hybridized carbons (Fsp3) is 0.429. The molecule has 2 aromatic rings. The fourth-order valence-electron chi connectivity index (χ4n) is 1.95. The summed E-state index contributed by atoms with van der Waals surface area (Å²) >= 11 is 0. The Morgan fingerprint density at radius 1 is 1.42 bits per heavy atom. The van der Waals surface area contributed by atoms with E-state index < -0.39 is 0 Å². The summed E-state index contributed by atoms with van der Waals surface area (Å²) < 4.78 is 6.95. The van der Waals surface area contributed by atoms with Crippen molar-refractivity contribution >= 4 is 5.82 Å². The number of aromatic nitrogens is 2. The molecule has 0 aliphatic heterocycles. The molecule has 0 aliphatic carbocycles. The highest BCUT2D eigenvalue weighted by atomic mass is 16.3. The molecule has 0 spiro atoms. The molecule has 1 atom stereocenters. The van der Waals surface area contributed by atoms with E-state index in [1.54, 1.807) is 23.2 Å². The van der Waals surface area contributed by atoms with Gasteiger partial charge in [-0.25, -0.2) is 4.98 Å². The summed E-state index contributed by atoms with van der Waals surface area (Å²) in [6.45, 7) is 5.94. The van der Waals surface area contributed by atoms with Gasteiger partial charge in [-0.3, -0.25) is 4.79 Å². The van der Waals surface area contributed by atoms with Crippen LogP contribution in [0, 0.1) is 0 Å². The molecule has 0 aromatic carbocycles. The summed E-state index contributed by atoms with van der Waals surface area (Å²) in [6, 6.07) is 3.98. The lowest BCUT2D eigenvalue weighted by Crippen LogP contribution is -2.29. The third-order valence-corrected chi connectivity index (χ3v) is 2.89. The molecular formula is C14H19N3O2. The molecular weight excluding hydrogens is 242 g/mol. The van der Waals surface area contributed by atoms with E-state index in [9.17, 15) is 4.79 Å². The second kappa shape index (κ2) is 5.73. The van der Waals surface area contributed by atoms with Gasteiger partial charge in [-0.15, -0.1) is 0 Å². The normalized spacial score (nSPS) is 12.6. The molecule has 0 fully saturated rings. The number of nitrogens with zero attached hydrogens (tertiary/aromatic N) is 2. The summed E-state index contributed by atoms with van der Waals surface area (Å²) in [5.74, 6) is 1.27. The quantitative estimate of drug-likeness (QED) is 0.898. The highest BCUT2D eigenvalue weighted by Crippen LogP contribution is 2.07. The topological polar surface area (TPSA) is 60.1 Å². The zero-order valence-electron chi connectivity index (χ0n) is 11.5. The van der Waals surface area contributed by atoms with Crippen molar-refractivity contribution in [3.8, 4) is 0 Å². The SMILES string of the molecule is CC(Cc1ccco1)Nc1nccn(C(C)C)c1=O. The van der Waals surface area contributed by atoms with Crippen LogP contribution >= 0.6 is 0 Å². The summed E-state index contributed by atoms with van der Waals surface area (Å²) in [6.07, 6.45) is 5.71. The molecule has 0 saturated heterocycles. The lowest BCUT2D eigenvalue weighted by Gasteiger charge is -2.15. The minimum Gasteiger partial charge on any atom is -0.469 e. The molecule has 0 amide bonds. The van der Waals surface area contributed by atoms with Crippen molar-refractivity contribution < 1.29 is 4.42 Å².